The molecule has 0 aliphatic carbocycles. The quantitative estimate of drug-likeness (QED) is 0.397. The number of alkyl halides is 3. The standard InChI is InChI=1S/C22H23F3N2O6S2/c1-15(2)7-8-16-9-10-17(13-18(16)14-33-12-11-22(23,24)25)21(28)27-35(31,32)20-6-4-3-5-19(20)34(26,29)30/h3-6,9-10,13,15H,11-12,14H2,1-2H3,(H,27,28)(H2,26,29,30). The van der Waals surface area contributed by atoms with Gasteiger partial charge < -0.3 is 4.74 Å². The van der Waals surface area contributed by atoms with Gasteiger partial charge in [0, 0.05) is 17.0 Å². The first kappa shape index (κ1) is 28.3. The van der Waals surface area contributed by atoms with Crippen LogP contribution in [0.15, 0.2) is 52.3 Å². The number of rotatable bonds is 8. The van der Waals surface area contributed by atoms with E-state index in [1.54, 1.807) is 4.72 Å². The molecule has 35 heavy (non-hydrogen) atoms. The van der Waals surface area contributed by atoms with Crippen LogP contribution < -0.4 is 9.86 Å². The van der Waals surface area contributed by atoms with Crippen molar-refractivity contribution < 1.29 is 39.5 Å². The number of halogens is 3. The van der Waals surface area contributed by atoms with Crippen LogP contribution >= 0.6 is 0 Å². The second-order valence-corrected chi connectivity index (χ2v) is 10.8. The first-order valence-electron chi connectivity index (χ1n) is 10.1. The van der Waals surface area contributed by atoms with Crippen molar-refractivity contribution in [3.8, 4) is 11.8 Å². The summed E-state index contributed by atoms with van der Waals surface area (Å²) in [4.78, 5) is 11.3. The van der Waals surface area contributed by atoms with Crippen LogP contribution in [-0.2, 0) is 31.4 Å². The third kappa shape index (κ3) is 8.66. The zero-order valence-corrected chi connectivity index (χ0v) is 20.4. The van der Waals surface area contributed by atoms with E-state index in [1.165, 1.54) is 30.3 Å². The summed E-state index contributed by atoms with van der Waals surface area (Å²) in [5.74, 6) is 4.63. The van der Waals surface area contributed by atoms with Crippen LogP contribution in [0.5, 0.6) is 0 Å². The Labute approximate surface area is 201 Å². The Morgan fingerprint density at radius 3 is 2.29 bits per heavy atom. The number of benzene rings is 2. The van der Waals surface area contributed by atoms with E-state index in [9.17, 15) is 34.8 Å². The van der Waals surface area contributed by atoms with Crippen LogP contribution in [0.1, 0.15) is 41.8 Å². The molecule has 3 N–H and O–H groups in total. The molecule has 190 valence electrons. The van der Waals surface area contributed by atoms with Crippen LogP contribution in [0.3, 0.4) is 0 Å². The number of nitrogens with one attached hydrogen (secondary N) is 1. The molecule has 8 nitrogen and oxygen atoms in total. The van der Waals surface area contributed by atoms with E-state index in [-0.39, 0.29) is 23.7 Å². The average Bonchev–Trinajstić information content (AvgIpc) is 2.74. The van der Waals surface area contributed by atoms with E-state index in [0.29, 0.717) is 5.56 Å². The van der Waals surface area contributed by atoms with Gasteiger partial charge in [0.2, 0.25) is 10.0 Å². The largest absolute Gasteiger partial charge is 0.391 e. The van der Waals surface area contributed by atoms with Crippen LogP contribution in [-0.4, -0.2) is 35.5 Å². The lowest BCUT2D eigenvalue weighted by molar-refractivity contribution is -0.146. The van der Waals surface area contributed by atoms with Crippen molar-refractivity contribution in [1.82, 2.24) is 4.72 Å². The van der Waals surface area contributed by atoms with Gasteiger partial charge in [0.1, 0.15) is 9.79 Å². The Hall–Kier alpha value is -2.92. The smallest absolute Gasteiger partial charge is 0.376 e. The van der Waals surface area contributed by atoms with Crippen molar-refractivity contribution in [3.05, 3.63) is 59.2 Å². The molecule has 2 aromatic rings. The lowest BCUT2D eigenvalue weighted by Crippen LogP contribution is -2.32. The number of ether oxygens (including phenoxy) is 1. The highest BCUT2D eigenvalue weighted by molar-refractivity contribution is 7.92. The van der Waals surface area contributed by atoms with Crippen molar-refractivity contribution in [2.75, 3.05) is 6.61 Å². The topological polar surface area (TPSA) is 133 Å². The molecule has 13 heteroatoms. The fraction of sp³-hybridized carbons (Fsp3) is 0.318. The fourth-order valence-electron chi connectivity index (χ4n) is 2.71. The molecule has 2 rings (SSSR count). The molecule has 0 aliphatic rings. The number of nitrogens with two attached hydrogens (primary N) is 1. The van der Waals surface area contributed by atoms with E-state index in [0.717, 1.165) is 12.1 Å². The van der Waals surface area contributed by atoms with Crippen LogP contribution in [0.25, 0.3) is 0 Å². The van der Waals surface area contributed by atoms with Crippen molar-refractivity contribution in [2.24, 2.45) is 11.1 Å². The van der Waals surface area contributed by atoms with Crippen LogP contribution in [0, 0.1) is 17.8 Å². The molecule has 0 heterocycles. The maximum absolute atomic E-state index is 12.7. The molecule has 0 radical (unpaired) electrons. The summed E-state index contributed by atoms with van der Waals surface area (Å²) in [5.41, 5.74) is 0.506. The molecule has 0 spiro atoms. The summed E-state index contributed by atoms with van der Waals surface area (Å²) in [6.07, 6.45) is -5.56. The fourth-order valence-corrected chi connectivity index (χ4v) is 5.07. The van der Waals surface area contributed by atoms with Crippen molar-refractivity contribution in [1.29, 1.82) is 0 Å². The number of amides is 1. The Bertz CT molecular complexity index is 1360. The number of hydrogen-bond acceptors (Lipinski definition) is 6. The Morgan fingerprint density at radius 1 is 1.09 bits per heavy atom. The third-order valence-corrected chi connectivity index (χ3v) is 6.81. The van der Waals surface area contributed by atoms with Crippen LogP contribution in [0.2, 0.25) is 0 Å². The second-order valence-electron chi connectivity index (χ2n) is 7.64. The highest BCUT2D eigenvalue weighted by atomic mass is 32.2. The molecule has 1 amide bonds. The van der Waals surface area contributed by atoms with Gasteiger partial charge in [-0.25, -0.2) is 26.7 Å². The Kier molecular flexibility index (Phi) is 9.07. The molecule has 0 atom stereocenters. The summed E-state index contributed by atoms with van der Waals surface area (Å²) >= 11 is 0. The highest BCUT2D eigenvalue weighted by Crippen LogP contribution is 2.21. The SMILES string of the molecule is CC(C)C#Cc1ccc(C(=O)NS(=O)(=O)c2ccccc2S(N)(=O)=O)cc1COCCC(F)(F)F. The number of sulfonamides is 2. The molecule has 0 saturated heterocycles. The number of primary sulfonamides is 1. The summed E-state index contributed by atoms with van der Waals surface area (Å²) in [7, 11) is -9.05. The van der Waals surface area contributed by atoms with Gasteiger partial charge in [-0.2, -0.15) is 13.2 Å². The first-order valence-corrected chi connectivity index (χ1v) is 13.1. The zero-order chi connectivity index (χ0) is 26.4. The third-order valence-electron chi connectivity index (χ3n) is 4.32. The van der Waals surface area contributed by atoms with Gasteiger partial charge in [0.15, 0.2) is 0 Å². The molecule has 0 aliphatic heterocycles. The first-order chi connectivity index (χ1) is 16.1. The molecule has 0 fully saturated rings. The lowest BCUT2D eigenvalue weighted by atomic mass is 10.0. The van der Waals surface area contributed by atoms with Crippen molar-refractivity contribution >= 4 is 26.0 Å². The van der Waals surface area contributed by atoms with Gasteiger partial charge in [-0.1, -0.05) is 37.8 Å². The zero-order valence-electron chi connectivity index (χ0n) is 18.7. The van der Waals surface area contributed by atoms with E-state index in [1.807, 2.05) is 13.8 Å². The maximum atomic E-state index is 12.7. The number of carbonyl (C=O) groups excluding carboxylic acids is 1. The second kappa shape index (κ2) is 11.2. The van der Waals surface area contributed by atoms with E-state index in [2.05, 4.69) is 11.8 Å². The normalized spacial score (nSPS) is 12.2. The van der Waals surface area contributed by atoms with Gasteiger partial charge in [-0.15, -0.1) is 0 Å². The highest BCUT2D eigenvalue weighted by Gasteiger charge is 2.27. The molecule has 2 aromatic carbocycles. The van der Waals surface area contributed by atoms with Gasteiger partial charge in [-0.05, 0) is 35.9 Å². The van der Waals surface area contributed by atoms with Crippen molar-refractivity contribution in [2.45, 2.75) is 42.8 Å². The van der Waals surface area contributed by atoms with E-state index in [4.69, 9.17) is 9.88 Å². The minimum Gasteiger partial charge on any atom is -0.376 e. The van der Waals surface area contributed by atoms with Gasteiger partial charge >= 0.3 is 6.18 Å². The minimum atomic E-state index is -4.65. The lowest BCUT2D eigenvalue weighted by Gasteiger charge is -2.12. The summed E-state index contributed by atoms with van der Waals surface area (Å²) in [5, 5.41) is 5.07. The van der Waals surface area contributed by atoms with Gasteiger partial charge in [-0.3, -0.25) is 4.79 Å². The Balaban J connectivity index is 2.34. The molecule has 0 aromatic heterocycles. The van der Waals surface area contributed by atoms with Crippen LogP contribution in [0.4, 0.5) is 13.2 Å². The number of carbonyl (C=O) groups is 1. The van der Waals surface area contributed by atoms with E-state index >= 15 is 0 Å². The molecule has 0 unspecified atom stereocenters. The summed E-state index contributed by atoms with van der Waals surface area (Å²) < 4.78 is 92.9. The predicted octanol–water partition coefficient (Wildman–Crippen LogP) is 2.93. The van der Waals surface area contributed by atoms with Gasteiger partial charge in [0.05, 0.1) is 19.6 Å². The summed E-state index contributed by atoms with van der Waals surface area (Å²) in [6, 6.07) is 8.41. The van der Waals surface area contributed by atoms with Crippen molar-refractivity contribution in [3.63, 3.8) is 0 Å². The van der Waals surface area contributed by atoms with Gasteiger partial charge in [0.25, 0.3) is 15.9 Å². The monoisotopic (exact) mass is 532 g/mol. The average molecular weight is 533 g/mol. The summed E-state index contributed by atoms with van der Waals surface area (Å²) in [6.45, 7) is 2.74. The minimum absolute atomic E-state index is 0.0130. The Morgan fingerprint density at radius 2 is 1.71 bits per heavy atom. The number of hydrogen-bond donors (Lipinski definition) is 2. The molecular formula is C22H23F3N2O6S2. The van der Waals surface area contributed by atoms with E-state index < -0.39 is 54.9 Å². The molecular weight excluding hydrogens is 509 g/mol. The molecule has 0 bridgehead atoms. The molecule has 0 saturated carbocycles. The maximum Gasteiger partial charge on any atom is 0.391 e. The predicted molar refractivity (Wildman–Crippen MR) is 121 cm³/mol.